The van der Waals surface area contributed by atoms with Gasteiger partial charge in [0.15, 0.2) is 5.82 Å². The van der Waals surface area contributed by atoms with E-state index in [4.69, 9.17) is 18.0 Å². The Kier molecular flexibility index (Phi) is 4.86. The highest BCUT2D eigenvalue weighted by molar-refractivity contribution is 9.10. The molecule has 1 fully saturated rings. The maximum atomic E-state index is 14.1. The Labute approximate surface area is 124 Å². The van der Waals surface area contributed by atoms with Gasteiger partial charge in [-0.25, -0.2) is 4.39 Å². The minimum Gasteiger partial charge on any atom is -0.389 e. The number of thiocarbonyl (C=S) groups is 1. The largest absolute Gasteiger partial charge is 0.389 e. The fraction of sp³-hybridized carbons (Fsp3) is 0.417. The minimum absolute atomic E-state index is 0.193. The van der Waals surface area contributed by atoms with Crippen LogP contribution in [0, 0.1) is 5.82 Å². The number of rotatable bonds is 4. The summed E-state index contributed by atoms with van der Waals surface area (Å²) in [5, 5.41) is 3.73. The Morgan fingerprint density at radius 1 is 1.61 bits per heavy atom. The first-order chi connectivity index (χ1) is 8.59. The van der Waals surface area contributed by atoms with Crippen molar-refractivity contribution in [2.45, 2.75) is 18.1 Å². The second kappa shape index (κ2) is 6.21. The predicted octanol–water partition coefficient (Wildman–Crippen LogP) is 3.53. The molecule has 0 bridgehead atoms. The van der Waals surface area contributed by atoms with Gasteiger partial charge in [-0.05, 0) is 46.7 Å². The number of benzene rings is 1. The van der Waals surface area contributed by atoms with E-state index in [1.165, 1.54) is 18.6 Å². The molecule has 1 saturated heterocycles. The Morgan fingerprint density at radius 3 is 3.00 bits per heavy atom. The van der Waals surface area contributed by atoms with Crippen molar-refractivity contribution in [3.63, 3.8) is 0 Å². The summed E-state index contributed by atoms with van der Waals surface area (Å²) < 4.78 is 14.4. The van der Waals surface area contributed by atoms with E-state index in [1.807, 2.05) is 11.8 Å². The van der Waals surface area contributed by atoms with E-state index in [1.54, 1.807) is 12.1 Å². The average Bonchev–Trinajstić information content (AvgIpc) is 2.83. The minimum atomic E-state index is -0.330. The molecule has 0 radical (unpaired) electrons. The van der Waals surface area contributed by atoms with E-state index in [9.17, 15) is 4.39 Å². The molecule has 0 spiro atoms. The highest BCUT2D eigenvalue weighted by Gasteiger charge is 2.17. The van der Waals surface area contributed by atoms with E-state index in [0.29, 0.717) is 21.0 Å². The van der Waals surface area contributed by atoms with E-state index in [-0.39, 0.29) is 10.8 Å². The zero-order valence-electron chi connectivity index (χ0n) is 9.71. The molecule has 0 saturated carbocycles. The molecule has 3 N–H and O–H groups in total. The molecule has 0 amide bonds. The average molecular weight is 349 g/mol. The summed E-state index contributed by atoms with van der Waals surface area (Å²) in [6.45, 7) is 0.792. The lowest BCUT2D eigenvalue weighted by Gasteiger charge is -2.14. The predicted molar refractivity (Wildman–Crippen MR) is 84.0 cm³/mol. The van der Waals surface area contributed by atoms with Gasteiger partial charge >= 0.3 is 0 Å². The van der Waals surface area contributed by atoms with Crippen molar-refractivity contribution in [3.8, 4) is 0 Å². The van der Waals surface area contributed by atoms with Gasteiger partial charge in [0, 0.05) is 17.4 Å². The van der Waals surface area contributed by atoms with Gasteiger partial charge in [0.1, 0.15) is 4.99 Å². The normalized spacial score (nSPS) is 18.9. The number of anilines is 1. The summed E-state index contributed by atoms with van der Waals surface area (Å²) in [4.78, 5) is 0.193. The van der Waals surface area contributed by atoms with Crippen LogP contribution in [-0.4, -0.2) is 22.5 Å². The van der Waals surface area contributed by atoms with E-state index < -0.39 is 0 Å². The van der Waals surface area contributed by atoms with Crippen LogP contribution in [0.15, 0.2) is 16.6 Å². The van der Waals surface area contributed by atoms with Crippen molar-refractivity contribution in [1.82, 2.24) is 0 Å². The molecule has 1 aliphatic rings. The topological polar surface area (TPSA) is 38.0 Å². The highest BCUT2D eigenvalue weighted by Crippen LogP contribution is 2.29. The van der Waals surface area contributed by atoms with Gasteiger partial charge < -0.3 is 11.1 Å². The monoisotopic (exact) mass is 348 g/mol. The second-order valence-electron chi connectivity index (χ2n) is 4.17. The summed E-state index contributed by atoms with van der Waals surface area (Å²) in [5.74, 6) is 0.877. The SMILES string of the molecule is NC(=S)c1ccc(NCC2CCCS2)c(F)c1Br. The van der Waals surface area contributed by atoms with Crippen LogP contribution in [0.1, 0.15) is 18.4 Å². The molecule has 0 aromatic heterocycles. The Bertz CT molecular complexity index is 462. The summed E-state index contributed by atoms with van der Waals surface area (Å²) >= 11 is 10.0. The van der Waals surface area contributed by atoms with E-state index >= 15 is 0 Å². The van der Waals surface area contributed by atoms with E-state index in [2.05, 4.69) is 21.2 Å². The van der Waals surface area contributed by atoms with Crippen LogP contribution in [0.25, 0.3) is 0 Å². The van der Waals surface area contributed by atoms with Crippen molar-refractivity contribution in [3.05, 3.63) is 28.0 Å². The quantitative estimate of drug-likeness (QED) is 0.816. The maximum absolute atomic E-state index is 14.1. The third kappa shape index (κ3) is 3.16. The third-order valence-electron chi connectivity index (χ3n) is 2.89. The van der Waals surface area contributed by atoms with Crippen molar-refractivity contribution in [2.75, 3.05) is 17.6 Å². The first-order valence-electron chi connectivity index (χ1n) is 5.73. The number of thioether (sulfide) groups is 1. The lowest BCUT2D eigenvalue weighted by Crippen LogP contribution is -2.16. The Hall–Kier alpha value is -0.330. The van der Waals surface area contributed by atoms with Crippen molar-refractivity contribution < 1.29 is 4.39 Å². The molecule has 1 unspecified atom stereocenters. The fourth-order valence-electron chi connectivity index (χ4n) is 1.91. The molecule has 2 rings (SSSR count). The van der Waals surface area contributed by atoms with E-state index in [0.717, 1.165) is 6.54 Å². The smallest absolute Gasteiger partial charge is 0.161 e. The highest BCUT2D eigenvalue weighted by atomic mass is 79.9. The lowest BCUT2D eigenvalue weighted by molar-refractivity contribution is 0.622. The summed E-state index contributed by atoms with van der Waals surface area (Å²) in [5.41, 5.74) is 6.54. The lowest BCUT2D eigenvalue weighted by atomic mass is 10.2. The molecule has 0 aliphatic carbocycles. The van der Waals surface area contributed by atoms with Gasteiger partial charge in [0.25, 0.3) is 0 Å². The zero-order chi connectivity index (χ0) is 13.1. The molecule has 6 heteroatoms. The van der Waals surface area contributed by atoms with Gasteiger partial charge in [0.05, 0.1) is 10.2 Å². The zero-order valence-corrected chi connectivity index (χ0v) is 12.9. The molecule has 2 nitrogen and oxygen atoms in total. The van der Waals surface area contributed by atoms with Crippen LogP contribution in [0.4, 0.5) is 10.1 Å². The maximum Gasteiger partial charge on any atom is 0.161 e. The molecular formula is C12H14BrFN2S2. The van der Waals surface area contributed by atoms with Crippen LogP contribution in [-0.2, 0) is 0 Å². The van der Waals surface area contributed by atoms with Gasteiger partial charge in [0.2, 0.25) is 0 Å². The molecule has 98 valence electrons. The van der Waals surface area contributed by atoms with Crippen LogP contribution in [0.2, 0.25) is 0 Å². The number of hydrogen-bond acceptors (Lipinski definition) is 3. The van der Waals surface area contributed by atoms with Gasteiger partial charge in [-0.2, -0.15) is 11.8 Å². The number of nitrogens with two attached hydrogens (primary N) is 1. The summed E-state index contributed by atoms with van der Waals surface area (Å²) in [6.07, 6.45) is 2.45. The summed E-state index contributed by atoms with van der Waals surface area (Å²) in [7, 11) is 0. The molecule has 1 aromatic rings. The standard InChI is InChI=1S/C12H14BrFN2S2/c13-10-8(12(15)17)3-4-9(11(10)14)16-6-7-2-1-5-18-7/h3-4,7,16H,1-2,5-6H2,(H2,15,17). The molecule has 1 aliphatic heterocycles. The first kappa shape index (κ1) is 14.1. The molecule has 1 heterocycles. The van der Waals surface area contributed by atoms with Gasteiger partial charge in [-0.1, -0.05) is 12.2 Å². The molecule has 1 atom stereocenters. The van der Waals surface area contributed by atoms with Crippen molar-refractivity contribution in [1.29, 1.82) is 0 Å². The van der Waals surface area contributed by atoms with Crippen LogP contribution in [0.3, 0.4) is 0 Å². The van der Waals surface area contributed by atoms with Crippen molar-refractivity contribution >= 4 is 50.6 Å². The number of nitrogens with one attached hydrogen (secondary N) is 1. The van der Waals surface area contributed by atoms with Gasteiger partial charge in [-0.15, -0.1) is 0 Å². The molecular weight excluding hydrogens is 335 g/mol. The Balaban J connectivity index is 2.09. The summed E-state index contributed by atoms with van der Waals surface area (Å²) in [6, 6.07) is 3.42. The third-order valence-corrected chi connectivity index (χ3v) is 5.29. The molecule has 18 heavy (non-hydrogen) atoms. The first-order valence-corrected chi connectivity index (χ1v) is 7.98. The fourth-order valence-corrected chi connectivity index (χ4v) is 3.97. The molecule has 1 aromatic carbocycles. The number of hydrogen-bond donors (Lipinski definition) is 2. The van der Waals surface area contributed by atoms with Crippen LogP contribution in [0.5, 0.6) is 0 Å². The van der Waals surface area contributed by atoms with Crippen LogP contribution < -0.4 is 11.1 Å². The van der Waals surface area contributed by atoms with Crippen molar-refractivity contribution in [2.24, 2.45) is 5.73 Å². The van der Waals surface area contributed by atoms with Gasteiger partial charge in [-0.3, -0.25) is 0 Å². The second-order valence-corrected chi connectivity index (χ2v) is 6.81. The Morgan fingerprint density at radius 2 is 2.39 bits per heavy atom. The van der Waals surface area contributed by atoms with Crippen LogP contribution >= 0.6 is 39.9 Å². The number of halogens is 2.